The van der Waals surface area contributed by atoms with E-state index in [0.29, 0.717) is 16.5 Å². The topological polar surface area (TPSA) is 125 Å². The number of pyridine rings is 1. The predicted octanol–water partition coefficient (Wildman–Crippen LogP) is 3.29. The van der Waals surface area contributed by atoms with E-state index in [9.17, 15) is 24.5 Å². The van der Waals surface area contributed by atoms with Crippen molar-refractivity contribution in [1.29, 1.82) is 0 Å². The molecule has 10 nitrogen and oxygen atoms in total. The van der Waals surface area contributed by atoms with Crippen molar-refractivity contribution in [2.75, 3.05) is 12.0 Å². The molecule has 0 aliphatic rings. The first-order valence-corrected chi connectivity index (χ1v) is 10.4. The zero-order valence-electron chi connectivity index (χ0n) is 17.6. The van der Waals surface area contributed by atoms with E-state index in [1.165, 1.54) is 29.4 Å². The number of nitrogens with zero attached hydrogens (tertiary/aromatic N) is 4. The minimum absolute atomic E-state index is 0.123. The number of anilines is 2. The summed E-state index contributed by atoms with van der Waals surface area (Å²) in [7, 11) is 1.14. The predicted molar refractivity (Wildman–Crippen MR) is 119 cm³/mol. The number of ether oxygens (including phenoxy) is 1. The number of thiazole rings is 1. The fraction of sp³-hybridized carbons (Fsp3) is 0.238. The maximum Gasteiger partial charge on any atom is 0.339 e. The molecule has 0 unspecified atom stereocenters. The van der Waals surface area contributed by atoms with Crippen LogP contribution in [0.5, 0.6) is 0 Å². The van der Waals surface area contributed by atoms with Gasteiger partial charge in [0.05, 0.1) is 35.5 Å². The minimum atomic E-state index is -0.878. The summed E-state index contributed by atoms with van der Waals surface area (Å²) in [6.07, 6.45) is 1.91. The van der Waals surface area contributed by atoms with Crippen molar-refractivity contribution in [2.24, 2.45) is 0 Å². The number of nitro groups is 1. The molecule has 0 radical (unpaired) electrons. The van der Waals surface area contributed by atoms with Gasteiger partial charge in [-0.15, -0.1) is 11.3 Å². The van der Waals surface area contributed by atoms with Crippen LogP contribution in [0.1, 0.15) is 35.5 Å². The quantitative estimate of drug-likeness (QED) is 0.303. The lowest BCUT2D eigenvalue weighted by molar-refractivity contribution is -0.386. The van der Waals surface area contributed by atoms with Gasteiger partial charge in [0.2, 0.25) is 5.91 Å². The Hall–Kier alpha value is -3.86. The van der Waals surface area contributed by atoms with Crippen molar-refractivity contribution in [2.45, 2.75) is 26.8 Å². The Bertz CT molecular complexity index is 1250. The molecule has 0 atom stereocenters. The zero-order chi connectivity index (χ0) is 23.4. The van der Waals surface area contributed by atoms with Crippen LogP contribution in [0.2, 0.25) is 0 Å². The van der Waals surface area contributed by atoms with Crippen LogP contribution in [-0.2, 0) is 22.5 Å². The standard InChI is InChI=1S/C21H20N4O6S/c1-4-14-7-5-6-8-17(14)24(13(2)26)21-22-16(12-32-21)11-23-10-15(20(28)31-3)9-18(19(23)27)25(29)30/h5-10,12H,4,11H2,1-3H3. The summed E-state index contributed by atoms with van der Waals surface area (Å²) < 4.78 is 5.64. The molecule has 2 aromatic heterocycles. The second-order valence-electron chi connectivity index (χ2n) is 6.75. The number of carbonyl (C=O) groups is 2. The van der Waals surface area contributed by atoms with E-state index in [1.54, 1.807) is 5.38 Å². The molecule has 0 bridgehead atoms. The minimum Gasteiger partial charge on any atom is -0.465 e. The van der Waals surface area contributed by atoms with Gasteiger partial charge in [-0.3, -0.25) is 24.6 Å². The second-order valence-corrected chi connectivity index (χ2v) is 7.59. The summed E-state index contributed by atoms with van der Waals surface area (Å²) in [5, 5.41) is 13.3. The molecule has 0 fully saturated rings. The number of carbonyl (C=O) groups excluding carboxylic acids is 2. The fourth-order valence-electron chi connectivity index (χ4n) is 3.18. The number of esters is 1. The molecule has 166 valence electrons. The van der Waals surface area contributed by atoms with Gasteiger partial charge in [0.15, 0.2) is 5.13 Å². The Labute approximate surface area is 186 Å². The van der Waals surface area contributed by atoms with Gasteiger partial charge in [-0.1, -0.05) is 25.1 Å². The highest BCUT2D eigenvalue weighted by molar-refractivity contribution is 7.14. The Morgan fingerprint density at radius 2 is 2.03 bits per heavy atom. The molecule has 32 heavy (non-hydrogen) atoms. The number of hydrogen-bond acceptors (Lipinski definition) is 8. The molecular weight excluding hydrogens is 436 g/mol. The summed E-state index contributed by atoms with van der Waals surface area (Å²) in [5.74, 6) is -1.04. The number of hydrogen-bond donors (Lipinski definition) is 0. The van der Waals surface area contributed by atoms with Gasteiger partial charge < -0.3 is 9.30 Å². The van der Waals surface area contributed by atoms with Crippen molar-refractivity contribution in [1.82, 2.24) is 9.55 Å². The van der Waals surface area contributed by atoms with E-state index in [-0.39, 0.29) is 18.0 Å². The smallest absolute Gasteiger partial charge is 0.339 e. The van der Waals surface area contributed by atoms with Crippen LogP contribution in [-0.4, -0.2) is 33.5 Å². The molecule has 0 spiro atoms. The lowest BCUT2D eigenvalue weighted by Crippen LogP contribution is -2.25. The summed E-state index contributed by atoms with van der Waals surface area (Å²) in [5.41, 5.74) is 0.337. The van der Waals surface area contributed by atoms with Crippen molar-refractivity contribution < 1.29 is 19.2 Å². The number of aryl methyl sites for hydroxylation is 1. The highest BCUT2D eigenvalue weighted by atomic mass is 32.1. The first kappa shape index (κ1) is 22.8. The van der Waals surface area contributed by atoms with Crippen LogP contribution in [0.25, 0.3) is 0 Å². The molecular formula is C21H20N4O6S. The van der Waals surface area contributed by atoms with E-state index in [0.717, 1.165) is 29.7 Å². The maximum atomic E-state index is 12.5. The molecule has 2 heterocycles. The lowest BCUT2D eigenvalue weighted by Gasteiger charge is -2.21. The first-order chi connectivity index (χ1) is 15.3. The highest BCUT2D eigenvalue weighted by Crippen LogP contribution is 2.32. The summed E-state index contributed by atoms with van der Waals surface area (Å²) in [4.78, 5) is 53.2. The average molecular weight is 456 g/mol. The molecule has 1 aromatic carbocycles. The van der Waals surface area contributed by atoms with Crippen molar-refractivity contribution in [3.8, 4) is 0 Å². The van der Waals surface area contributed by atoms with Crippen molar-refractivity contribution in [3.05, 3.63) is 79.2 Å². The monoisotopic (exact) mass is 456 g/mol. The van der Waals surface area contributed by atoms with Gasteiger partial charge in [-0.2, -0.15) is 0 Å². The van der Waals surface area contributed by atoms with Gasteiger partial charge in [0.25, 0.3) is 0 Å². The summed E-state index contributed by atoms with van der Waals surface area (Å²) in [6, 6.07) is 8.36. The maximum absolute atomic E-state index is 12.5. The Kier molecular flexibility index (Phi) is 6.79. The van der Waals surface area contributed by atoms with Crippen LogP contribution < -0.4 is 10.5 Å². The van der Waals surface area contributed by atoms with E-state index in [4.69, 9.17) is 0 Å². The summed E-state index contributed by atoms with van der Waals surface area (Å²) >= 11 is 1.20. The molecule has 0 aliphatic heterocycles. The van der Waals surface area contributed by atoms with E-state index in [1.807, 2.05) is 31.2 Å². The number of aromatic nitrogens is 2. The highest BCUT2D eigenvalue weighted by Gasteiger charge is 2.23. The molecule has 11 heteroatoms. The van der Waals surface area contributed by atoms with Gasteiger partial charge in [0, 0.05) is 24.6 Å². The number of methoxy groups -OCH3 is 1. The third kappa shape index (κ3) is 4.57. The fourth-order valence-corrected chi connectivity index (χ4v) is 4.05. The largest absolute Gasteiger partial charge is 0.465 e. The zero-order valence-corrected chi connectivity index (χ0v) is 18.4. The van der Waals surface area contributed by atoms with Gasteiger partial charge >= 0.3 is 17.2 Å². The summed E-state index contributed by atoms with van der Waals surface area (Å²) in [6.45, 7) is 3.29. The average Bonchev–Trinajstić information content (AvgIpc) is 3.22. The molecule has 1 amide bonds. The van der Waals surface area contributed by atoms with Crippen LogP contribution in [0.3, 0.4) is 0 Å². The van der Waals surface area contributed by atoms with Crippen molar-refractivity contribution >= 4 is 39.7 Å². The molecule has 0 saturated carbocycles. The molecule has 0 saturated heterocycles. The number of rotatable bonds is 7. The van der Waals surface area contributed by atoms with E-state index < -0.39 is 22.1 Å². The number of benzene rings is 1. The Balaban J connectivity index is 2.01. The SMILES string of the molecule is CCc1ccccc1N(C(C)=O)c1nc(Cn2cc(C(=O)OC)cc([N+](=O)[O-])c2=O)cs1. The third-order valence-corrected chi connectivity index (χ3v) is 5.55. The Morgan fingerprint density at radius 3 is 2.66 bits per heavy atom. The lowest BCUT2D eigenvalue weighted by atomic mass is 10.1. The number of amides is 1. The normalized spacial score (nSPS) is 10.6. The molecule has 3 aromatic rings. The van der Waals surface area contributed by atoms with Crippen LogP contribution in [0, 0.1) is 10.1 Å². The van der Waals surface area contributed by atoms with Gasteiger partial charge in [-0.05, 0) is 18.1 Å². The molecule has 3 rings (SSSR count). The van der Waals surface area contributed by atoms with Gasteiger partial charge in [0.1, 0.15) is 0 Å². The van der Waals surface area contributed by atoms with Crippen LogP contribution in [0.4, 0.5) is 16.5 Å². The first-order valence-electron chi connectivity index (χ1n) is 9.57. The second kappa shape index (κ2) is 9.52. The Morgan fingerprint density at radius 1 is 1.31 bits per heavy atom. The van der Waals surface area contributed by atoms with Crippen molar-refractivity contribution in [3.63, 3.8) is 0 Å². The van der Waals surface area contributed by atoms with E-state index >= 15 is 0 Å². The van der Waals surface area contributed by atoms with Crippen LogP contribution >= 0.6 is 11.3 Å². The molecule has 0 aliphatic carbocycles. The van der Waals surface area contributed by atoms with Crippen LogP contribution in [0.15, 0.2) is 46.7 Å². The molecule has 0 N–H and O–H groups in total. The van der Waals surface area contributed by atoms with E-state index in [2.05, 4.69) is 9.72 Å². The number of para-hydroxylation sites is 1. The van der Waals surface area contributed by atoms with Gasteiger partial charge in [-0.25, -0.2) is 9.78 Å². The third-order valence-electron chi connectivity index (χ3n) is 4.68.